The average molecular weight is 455 g/mol. The van der Waals surface area contributed by atoms with Crippen LogP contribution in [0.5, 0.6) is 0 Å². The molecule has 1 N–H and O–H groups in total. The van der Waals surface area contributed by atoms with Crippen molar-refractivity contribution in [2.75, 3.05) is 13.2 Å². The van der Waals surface area contributed by atoms with Crippen LogP contribution in [-0.2, 0) is 9.53 Å². The maximum atomic E-state index is 12.9. The largest absolute Gasteiger partial charge is 0.463 e. The van der Waals surface area contributed by atoms with E-state index in [0.29, 0.717) is 17.0 Å². The Balaban J connectivity index is 2.00. The van der Waals surface area contributed by atoms with Gasteiger partial charge in [0.15, 0.2) is 0 Å². The molecule has 11 nitrogen and oxygen atoms in total. The molecule has 0 saturated carbocycles. The lowest BCUT2D eigenvalue weighted by atomic mass is 9.93. The van der Waals surface area contributed by atoms with Crippen molar-refractivity contribution >= 4 is 23.6 Å². The third-order valence-corrected chi connectivity index (χ3v) is 5.25. The first kappa shape index (κ1) is 23.6. The molecule has 0 radical (unpaired) electrons. The Kier molecular flexibility index (Phi) is 6.90. The van der Waals surface area contributed by atoms with E-state index in [1.54, 1.807) is 39.8 Å². The average Bonchev–Trinajstić information content (AvgIpc) is 3.10. The van der Waals surface area contributed by atoms with Crippen LogP contribution in [0.1, 0.15) is 48.1 Å². The van der Waals surface area contributed by atoms with Crippen LogP contribution in [0, 0.1) is 24.0 Å². The number of urea groups is 1. The summed E-state index contributed by atoms with van der Waals surface area (Å²) in [6, 6.07) is 5.98. The number of ether oxygens (including phenoxy) is 1. The molecule has 2 heterocycles. The number of benzene rings is 1. The van der Waals surface area contributed by atoms with Gasteiger partial charge in [0, 0.05) is 36.5 Å². The summed E-state index contributed by atoms with van der Waals surface area (Å²) in [6.07, 6.45) is -0.0735. The van der Waals surface area contributed by atoms with Gasteiger partial charge in [0.1, 0.15) is 0 Å². The zero-order chi connectivity index (χ0) is 24.3. The van der Waals surface area contributed by atoms with E-state index in [1.807, 2.05) is 0 Å². The molecule has 3 rings (SSSR count). The Hall–Kier alpha value is -4.02. The summed E-state index contributed by atoms with van der Waals surface area (Å²) in [5.74, 6) is -0.975. The number of nitro groups is 1. The van der Waals surface area contributed by atoms with Gasteiger partial charge in [-0.2, -0.15) is 5.10 Å². The van der Waals surface area contributed by atoms with E-state index in [9.17, 15) is 24.5 Å². The number of amides is 2. The van der Waals surface area contributed by atoms with Gasteiger partial charge in [0.25, 0.3) is 5.69 Å². The fourth-order valence-electron chi connectivity index (χ4n) is 3.84. The highest BCUT2D eigenvalue weighted by molar-refractivity contribution is 5.95. The molecule has 0 aliphatic carbocycles. The van der Waals surface area contributed by atoms with Crippen LogP contribution in [0.3, 0.4) is 0 Å². The van der Waals surface area contributed by atoms with Crippen molar-refractivity contribution in [3.8, 4) is 0 Å². The number of aromatic nitrogens is 2. The Morgan fingerprint density at radius 1 is 1.24 bits per heavy atom. The number of nitrogens with zero attached hydrogens (tertiary/aromatic N) is 4. The molecule has 0 spiro atoms. The molecule has 0 fully saturated rings. The first-order valence-corrected chi connectivity index (χ1v) is 10.4. The van der Waals surface area contributed by atoms with E-state index < -0.39 is 23.0 Å². The normalized spacial score (nSPS) is 15.9. The fraction of sp³-hybridized carbons (Fsp3) is 0.364. The summed E-state index contributed by atoms with van der Waals surface area (Å²) < 4.78 is 6.46. The zero-order valence-electron chi connectivity index (χ0n) is 18.8. The number of nitro benzene ring substituents is 1. The highest BCUT2D eigenvalue weighted by Crippen LogP contribution is 2.35. The molecule has 2 amide bonds. The van der Waals surface area contributed by atoms with E-state index in [0.717, 1.165) is 0 Å². The summed E-state index contributed by atoms with van der Waals surface area (Å²) in [7, 11) is 0. The van der Waals surface area contributed by atoms with Crippen LogP contribution in [0.4, 0.5) is 10.5 Å². The van der Waals surface area contributed by atoms with Gasteiger partial charge in [-0.3, -0.25) is 14.9 Å². The lowest BCUT2D eigenvalue weighted by Crippen LogP contribution is -2.49. The first-order valence-electron chi connectivity index (χ1n) is 10.4. The molecule has 1 aromatic heterocycles. The SMILES string of the molecule is CCOC(=O)C1=C(C)NC(=O)N(CCC(=O)n2nc(C)cc2C)C1c1cccc([N+](=O)[O-])c1. The van der Waals surface area contributed by atoms with E-state index in [4.69, 9.17) is 4.74 Å². The molecule has 0 bridgehead atoms. The van der Waals surface area contributed by atoms with Gasteiger partial charge in [-0.1, -0.05) is 12.1 Å². The van der Waals surface area contributed by atoms with Crippen LogP contribution in [0.25, 0.3) is 0 Å². The summed E-state index contributed by atoms with van der Waals surface area (Å²) in [5, 5.41) is 18.1. The van der Waals surface area contributed by atoms with Gasteiger partial charge in [-0.25, -0.2) is 14.3 Å². The summed E-state index contributed by atoms with van der Waals surface area (Å²) in [6.45, 7) is 6.80. The molecular formula is C22H25N5O6. The number of esters is 1. The molecule has 1 aliphatic heterocycles. The van der Waals surface area contributed by atoms with E-state index >= 15 is 0 Å². The monoisotopic (exact) mass is 455 g/mol. The Labute approximate surface area is 190 Å². The van der Waals surface area contributed by atoms with Gasteiger partial charge in [-0.15, -0.1) is 0 Å². The molecule has 11 heteroatoms. The minimum Gasteiger partial charge on any atom is -0.463 e. The molecule has 33 heavy (non-hydrogen) atoms. The zero-order valence-corrected chi connectivity index (χ0v) is 18.8. The Bertz CT molecular complexity index is 1150. The van der Waals surface area contributed by atoms with Gasteiger partial charge in [0.2, 0.25) is 5.91 Å². The minimum absolute atomic E-state index is 0.0490. The predicted octanol–water partition coefficient (Wildman–Crippen LogP) is 3.04. The topological polar surface area (TPSA) is 137 Å². The number of hydrogen-bond donors (Lipinski definition) is 1. The van der Waals surface area contributed by atoms with Crippen molar-refractivity contribution in [3.63, 3.8) is 0 Å². The van der Waals surface area contributed by atoms with Gasteiger partial charge in [0.05, 0.1) is 28.8 Å². The predicted molar refractivity (Wildman–Crippen MR) is 117 cm³/mol. The fourth-order valence-corrected chi connectivity index (χ4v) is 3.84. The number of rotatable bonds is 7. The molecule has 1 atom stereocenters. The Morgan fingerprint density at radius 3 is 2.58 bits per heavy atom. The molecular weight excluding hydrogens is 430 g/mol. The van der Waals surface area contributed by atoms with Crippen LogP contribution in [-0.4, -0.2) is 50.7 Å². The van der Waals surface area contributed by atoms with Crippen LogP contribution in [0.2, 0.25) is 0 Å². The summed E-state index contributed by atoms with van der Waals surface area (Å²) in [4.78, 5) is 50.5. The van der Waals surface area contributed by atoms with E-state index in [-0.39, 0.29) is 42.4 Å². The third kappa shape index (κ3) is 4.92. The molecule has 1 aromatic carbocycles. The van der Waals surface area contributed by atoms with Crippen molar-refractivity contribution in [1.29, 1.82) is 0 Å². The maximum Gasteiger partial charge on any atom is 0.338 e. The number of allylic oxidation sites excluding steroid dienone is 1. The molecule has 0 saturated heterocycles. The second-order valence-electron chi connectivity index (χ2n) is 7.62. The van der Waals surface area contributed by atoms with Crippen LogP contribution >= 0.6 is 0 Å². The second-order valence-corrected chi connectivity index (χ2v) is 7.62. The van der Waals surface area contributed by atoms with Gasteiger partial charge in [-0.05, 0) is 39.3 Å². The van der Waals surface area contributed by atoms with Crippen molar-refractivity contribution < 1.29 is 24.0 Å². The number of aryl methyl sites for hydroxylation is 2. The van der Waals surface area contributed by atoms with Crippen molar-refractivity contribution in [2.45, 2.75) is 40.2 Å². The third-order valence-electron chi connectivity index (χ3n) is 5.25. The van der Waals surface area contributed by atoms with Gasteiger partial charge >= 0.3 is 12.0 Å². The minimum atomic E-state index is -0.967. The Morgan fingerprint density at radius 2 is 1.97 bits per heavy atom. The smallest absolute Gasteiger partial charge is 0.338 e. The maximum absolute atomic E-state index is 12.9. The van der Waals surface area contributed by atoms with Gasteiger partial charge < -0.3 is 15.0 Å². The number of hydrogen-bond acceptors (Lipinski definition) is 7. The highest BCUT2D eigenvalue weighted by atomic mass is 16.6. The van der Waals surface area contributed by atoms with Crippen molar-refractivity contribution in [1.82, 2.24) is 20.0 Å². The lowest BCUT2D eigenvalue weighted by molar-refractivity contribution is -0.384. The van der Waals surface area contributed by atoms with Crippen molar-refractivity contribution in [3.05, 3.63) is 68.7 Å². The lowest BCUT2D eigenvalue weighted by Gasteiger charge is -2.37. The molecule has 2 aromatic rings. The highest BCUT2D eigenvalue weighted by Gasteiger charge is 2.39. The number of carbonyl (C=O) groups excluding carboxylic acids is 3. The molecule has 1 aliphatic rings. The second kappa shape index (κ2) is 9.63. The van der Waals surface area contributed by atoms with E-state index in [1.165, 1.54) is 27.8 Å². The van der Waals surface area contributed by atoms with E-state index in [2.05, 4.69) is 10.4 Å². The van der Waals surface area contributed by atoms with Crippen molar-refractivity contribution in [2.24, 2.45) is 0 Å². The number of non-ortho nitro benzene ring substituents is 1. The quantitative estimate of drug-likeness (QED) is 0.385. The summed E-state index contributed by atoms with van der Waals surface area (Å²) in [5.41, 5.74) is 1.97. The standard InChI is InChI=1S/C22H25N5O6/c1-5-33-21(29)19-15(4)23-22(30)25(10-9-18(28)26-14(3)11-13(2)24-26)20(19)16-7-6-8-17(12-16)27(31)32/h6-8,11-12,20H,5,9-10H2,1-4H3,(H,23,30). The van der Waals surface area contributed by atoms with Crippen LogP contribution < -0.4 is 5.32 Å². The summed E-state index contributed by atoms with van der Waals surface area (Å²) >= 11 is 0. The number of nitrogens with one attached hydrogen (secondary N) is 1. The van der Waals surface area contributed by atoms with Crippen LogP contribution in [0.15, 0.2) is 41.6 Å². The molecule has 1 unspecified atom stereocenters. The first-order chi connectivity index (χ1) is 15.6. The molecule has 174 valence electrons. The number of carbonyl (C=O) groups is 3.